The highest BCUT2D eigenvalue weighted by Crippen LogP contribution is 2.15. The fourth-order valence-corrected chi connectivity index (χ4v) is 3.11. The third kappa shape index (κ3) is 5.48. The number of anilines is 2. The first-order valence-corrected chi connectivity index (χ1v) is 9.44. The van der Waals surface area contributed by atoms with Gasteiger partial charge in [-0.05, 0) is 31.2 Å². The number of guanidine groups is 1. The van der Waals surface area contributed by atoms with E-state index in [0.29, 0.717) is 0 Å². The second-order valence-corrected chi connectivity index (χ2v) is 6.39. The Kier molecular flexibility index (Phi) is 6.68. The molecule has 0 aliphatic carbocycles. The zero-order chi connectivity index (χ0) is 18.9. The zero-order valence-electron chi connectivity index (χ0n) is 15.8. The third-order valence-corrected chi connectivity index (χ3v) is 4.47. The number of carbonyl (C=O) groups is 1. The first-order valence-electron chi connectivity index (χ1n) is 9.44. The van der Waals surface area contributed by atoms with E-state index in [1.54, 1.807) is 0 Å². The van der Waals surface area contributed by atoms with Gasteiger partial charge in [0.05, 0.1) is 0 Å². The number of amides is 1. The summed E-state index contributed by atoms with van der Waals surface area (Å²) in [5.41, 5.74) is 2.04. The van der Waals surface area contributed by atoms with Crippen molar-refractivity contribution in [2.45, 2.75) is 6.92 Å². The number of hydrogen-bond donors (Lipinski definition) is 2. The molecular formula is C21H27N5O. The summed E-state index contributed by atoms with van der Waals surface area (Å²) in [7, 11) is 0. The van der Waals surface area contributed by atoms with E-state index in [4.69, 9.17) is 0 Å². The molecule has 142 valence electrons. The molecule has 6 heteroatoms. The molecule has 0 unspecified atom stereocenters. The van der Waals surface area contributed by atoms with Crippen LogP contribution in [0.25, 0.3) is 0 Å². The topological polar surface area (TPSA) is 60.0 Å². The van der Waals surface area contributed by atoms with E-state index in [1.165, 1.54) is 5.69 Å². The summed E-state index contributed by atoms with van der Waals surface area (Å²) in [6.07, 6.45) is 0. The number of benzene rings is 2. The first-order chi connectivity index (χ1) is 13.3. The predicted octanol–water partition coefficient (Wildman–Crippen LogP) is 2.41. The molecule has 2 N–H and O–H groups in total. The number of nitrogens with zero attached hydrogens (tertiary/aromatic N) is 3. The quantitative estimate of drug-likeness (QED) is 0.631. The van der Waals surface area contributed by atoms with Crippen LogP contribution < -0.4 is 15.5 Å². The Bertz CT molecular complexity index is 740. The van der Waals surface area contributed by atoms with E-state index >= 15 is 0 Å². The molecule has 3 rings (SSSR count). The molecule has 1 aliphatic rings. The lowest BCUT2D eigenvalue weighted by Crippen LogP contribution is -2.52. The number of aliphatic imine (C=N–C) groups is 1. The number of rotatable bonds is 5. The molecule has 1 heterocycles. The predicted molar refractivity (Wildman–Crippen MR) is 111 cm³/mol. The smallest absolute Gasteiger partial charge is 0.246 e. The fraction of sp³-hybridized carbons (Fsp3) is 0.333. The van der Waals surface area contributed by atoms with Gasteiger partial charge in [0.1, 0.15) is 6.54 Å². The van der Waals surface area contributed by atoms with Gasteiger partial charge in [0, 0.05) is 44.1 Å². The molecule has 1 fully saturated rings. The van der Waals surface area contributed by atoms with Crippen LogP contribution in [0.3, 0.4) is 0 Å². The van der Waals surface area contributed by atoms with Gasteiger partial charge in [-0.15, -0.1) is 0 Å². The molecular weight excluding hydrogens is 338 g/mol. The molecule has 1 aliphatic heterocycles. The minimum Gasteiger partial charge on any atom is -0.368 e. The molecule has 0 radical (unpaired) electrons. The summed E-state index contributed by atoms with van der Waals surface area (Å²) < 4.78 is 0. The van der Waals surface area contributed by atoms with Gasteiger partial charge < -0.3 is 20.4 Å². The molecule has 2 aromatic carbocycles. The molecule has 1 saturated heterocycles. The van der Waals surface area contributed by atoms with Crippen LogP contribution in [0.2, 0.25) is 0 Å². The molecule has 0 spiro atoms. The second kappa shape index (κ2) is 9.62. The molecule has 0 saturated carbocycles. The van der Waals surface area contributed by atoms with Crippen molar-refractivity contribution in [3.63, 3.8) is 0 Å². The molecule has 0 atom stereocenters. The second-order valence-electron chi connectivity index (χ2n) is 6.39. The van der Waals surface area contributed by atoms with Crippen molar-refractivity contribution in [2.75, 3.05) is 49.5 Å². The number of piperazine rings is 1. The lowest BCUT2D eigenvalue weighted by atomic mass is 10.2. The highest BCUT2D eigenvalue weighted by atomic mass is 16.1. The van der Waals surface area contributed by atoms with Gasteiger partial charge in [-0.25, -0.2) is 4.99 Å². The fourth-order valence-electron chi connectivity index (χ4n) is 3.11. The molecule has 2 aromatic rings. The van der Waals surface area contributed by atoms with Crippen LogP contribution in [0.1, 0.15) is 6.92 Å². The minimum absolute atomic E-state index is 0.107. The number of para-hydroxylation sites is 2. The van der Waals surface area contributed by atoms with Crippen molar-refractivity contribution in [1.82, 2.24) is 10.2 Å². The average molecular weight is 365 g/mol. The standard InChI is InChI=1S/C21H27N5O/c1-2-22-21(23-17-20(27)24-18-9-5-3-6-10-18)26-15-13-25(14-16-26)19-11-7-4-8-12-19/h3-12H,2,13-17H2,1H3,(H,22,23)(H,24,27). The summed E-state index contributed by atoms with van der Waals surface area (Å²) in [5.74, 6) is 0.688. The summed E-state index contributed by atoms with van der Waals surface area (Å²) in [6.45, 7) is 6.55. The van der Waals surface area contributed by atoms with Gasteiger partial charge in [-0.2, -0.15) is 0 Å². The van der Waals surface area contributed by atoms with Crippen molar-refractivity contribution in [2.24, 2.45) is 4.99 Å². The maximum atomic E-state index is 12.2. The summed E-state index contributed by atoms with van der Waals surface area (Å²) in [6, 6.07) is 19.9. The monoisotopic (exact) mass is 365 g/mol. The highest BCUT2D eigenvalue weighted by Gasteiger charge is 2.19. The molecule has 6 nitrogen and oxygen atoms in total. The Hall–Kier alpha value is -3.02. The van der Waals surface area contributed by atoms with Crippen LogP contribution in [-0.2, 0) is 4.79 Å². The van der Waals surface area contributed by atoms with Gasteiger partial charge in [-0.1, -0.05) is 36.4 Å². The zero-order valence-corrected chi connectivity index (χ0v) is 15.8. The van der Waals surface area contributed by atoms with Crippen LogP contribution in [0.15, 0.2) is 65.7 Å². The van der Waals surface area contributed by atoms with Crippen LogP contribution >= 0.6 is 0 Å². The Morgan fingerprint density at radius 1 is 0.963 bits per heavy atom. The van der Waals surface area contributed by atoms with Crippen LogP contribution in [0, 0.1) is 0 Å². The van der Waals surface area contributed by atoms with E-state index in [1.807, 2.05) is 43.3 Å². The highest BCUT2D eigenvalue weighted by molar-refractivity contribution is 5.94. The van der Waals surface area contributed by atoms with E-state index in [2.05, 4.69) is 49.7 Å². The largest absolute Gasteiger partial charge is 0.368 e. The van der Waals surface area contributed by atoms with Gasteiger partial charge in [0.25, 0.3) is 0 Å². The van der Waals surface area contributed by atoms with Gasteiger partial charge in [-0.3, -0.25) is 4.79 Å². The summed E-state index contributed by atoms with van der Waals surface area (Å²) in [5, 5.41) is 6.17. The summed E-state index contributed by atoms with van der Waals surface area (Å²) in [4.78, 5) is 21.3. The van der Waals surface area contributed by atoms with Crippen LogP contribution in [-0.4, -0.2) is 56.0 Å². The lowest BCUT2D eigenvalue weighted by Gasteiger charge is -2.37. The lowest BCUT2D eigenvalue weighted by molar-refractivity contribution is -0.114. The minimum atomic E-state index is -0.112. The molecule has 27 heavy (non-hydrogen) atoms. The maximum absolute atomic E-state index is 12.2. The Morgan fingerprint density at radius 3 is 2.22 bits per heavy atom. The Morgan fingerprint density at radius 2 is 1.59 bits per heavy atom. The maximum Gasteiger partial charge on any atom is 0.246 e. The van der Waals surface area contributed by atoms with Crippen LogP contribution in [0.4, 0.5) is 11.4 Å². The van der Waals surface area contributed by atoms with Crippen molar-refractivity contribution >= 4 is 23.2 Å². The van der Waals surface area contributed by atoms with Crippen molar-refractivity contribution in [3.8, 4) is 0 Å². The van der Waals surface area contributed by atoms with Gasteiger partial charge >= 0.3 is 0 Å². The van der Waals surface area contributed by atoms with E-state index in [-0.39, 0.29) is 12.5 Å². The average Bonchev–Trinajstić information content (AvgIpc) is 2.73. The Labute approximate surface area is 160 Å². The number of hydrogen-bond acceptors (Lipinski definition) is 3. The first kappa shape index (κ1) is 18.8. The Balaban J connectivity index is 1.55. The van der Waals surface area contributed by atoms with Crippen molar-refractivity contribution < 1.29 is 4.79 Å². The van der Waals surface area contributed by atoms with Crippen molar-refractivity contribution in [3.05, 3.63) is 60.7 Å². The van der Waals surface area contributed by atoms with Gasteiger partial charge in [0.15, 0.2) is 5.96 Å². The molecule has 1 amide bonds. The third-order valence-electron chi connectivity index (χ3n) is 4.47. The molecule has 0 aromatic heterocycles. The SMILES string of the molecule is CCNC(=NCC(=O)Nc1ccccc1)N1CCN(c2ccccc2)CC1. The van der Waals surface area contributed by atoms with E-state index in [0.717, 1.165) is 44.4 Å². The number of carbonyl (C=O) groups excluding carboxylic acids is 1. The summed E-state index contributed by atoms with van der Waals surface area (Å²) >= 11 is 0. The van der Waals surface area contributed by atoms with E-state index < -0.39 is 0 Å². The van der Waals surface area contributed by atoms with Gasteiger partial charge in [0.2, 0.25) is 5.91 Å². The van der Waals surface area contributed by atoms with Crippen LogP contribution in [0.5, 0.6) is 0 Å². The molecule has 0 bridgehead atoms. The van der Waals surface area contributed by atoms with Crippen molar-refractivity contribution in [1.29, 1.82) is 0 Å². The van der Waals surface area contributed by atoms with E-state index in [9.17, 15) is 4.79 Å². The number of nitrogens with one attached hydrogen (secondary N) is 2. The normalized spacial score (nSPS) is 14.8.